The first kappa shape index (κ1) is 25.9. The monoisotopic (exact) mass is 522 g/mol. The molecule has 2 heterocycles. The molecule has 0 radical (unpaired) electrons. The standard InChI is InChI=1S/C27H26N2O7S/c1-6-36-19-10-8-7-9-18(19)21-20(22(30)17-12-11-16(34-4)13-14(17)2)23(31)25(32)29(21)27-28-15(3)24(37-27)26(33)35-5/h7-13,21,30H,6H2,1-5H3. The van der Waals surface area contributed by atoms with Crippen LogP contribution in [0.25, 0.3) is 5.76 Å². The van der Waals surface area contributed by atoms with E-state index in [9.17, 15) is 19.5 Å². The first-order valence-electron chi connectivity index (χ1n) is 11.5. The van der Waals surface area contributed by atoms with Crippen molar-refractivity contribution in [3.8, 4) is 11.5 Å². The number of aliphatic hydroxyl groups excluding tert-OH is 1. The summed E-state index contributed by atoms with van der Waals surface area (Å²) in [4.78, 5) is 45.0. The highest BCUT2D eigenvalue weighted by atomic mass is 32.1. The maximum Gasteiger partial charge on any atom is 0.350 e. The molecule has 2 aromatic carbocycles. The van der Waals surface area contributed by atoms with Crippen molar-refractivity contribution < 1.29 is 33.7 Å². The van der Waals surface area contributed by atoms with Crippen LogP contribution >= 0.6 is 11.3 Å². The van der Waals surface area contributed by atoms with Crippen LogP contribution < -0.4 is 14.4 Å². The second-order valence-electron chi connectivity index (χ2n) is 8.22. The van der Waals surface area contributed by atoms with E-state index in [-0.39, 0.29) is 21.3 Å². The van der Waals surface area contributed by atoms with Gasteiger partial charge in [-0.15, -0.1) is 0 Å². The first-order valence-corrected chi connectivity index (χ1v) is 12.3. The lowest BCUT2D eigenvalue weighted by molar-refractivity contribution is -0.132. The summed E-state index contributed by atoms with van der Waals surface area (Å²) in [6.45, 7) is 5.55. The lowest BCUT2D eigenvalue weighted by atomic mass is 9.93. The third kappa shape index (κ3) is 4.55. The Balaban J connectivity index is 1.99. The minimum Gasteiger partial charge on any atom is -0.507 e. The number of hydrogen-bond acceptors (Lipinski definition) is 9. The number of para-hydroxylation sites is 1. The molecule has 1 atom stereocenters. The molecule has 1 aromatic heterocycles. The van der Waals surface area contributed by atoms with Gasteiger partial charge in [-0.05, 0) is 50.6 Å². The van der Waals surface area contributed by atoms with Gasteiger partial charge in [-0.25, -0.2) is 9.78 Å². The molecule has 0 aliphatic carbocycles. The van der Waals surface area contributed by atoms with E-state index in [0.29, 0.717) is 40.5 Å². The van der Waals surface area contributed by atoms with Crippen molar-refractivity contribution in [3.05, 3.63) is 75.3 Å². The number of Topliss-reactive ketones (excluding diaryl/α,β-unsaturated/α-hetero) is 1. The molecule has 0 saturated carbocycles. The zero-order chi connectivity index (χ0) is 26.9. The van der Waals surface area contributed by atoms with E-state index in [0.717, 1.165) is 11.3 Å². The van der Waals surface area contributed by atoms with Crippen LogP contribution in [0.1, 0.15) is 45.0 Å². The molecular weight excluding hydrogens is 496 g/mol. The number of anilines is 1. The average molecular weight is 523 g/mol. The molecule has 1 amide bonds. The van der Waals surface area contributed by atoms with Crippen molar-refractivity contribution in [2.24, 2.45) is 0 Å². The predicted molar refractivity (Wildman–Crippen MR) is 138 cm³/mol. The van der Waals surface area contributed by atoms with Gasteiger partial charge in [0, 0.05) is 11.1 Å². The summed E-state index contributed by atoms with van der Waals surface area (Å²) in [6, 6.07) is 10.9. The molecule has 9 nitrogen and oxygen atoms in total. The Kier molecular flexibility index (Phi) is 7.30. The molecule has 10 heteroatoms. The molecule has 1 fully saturated rings. The zero-order valence-corrected chi connectivity index (χ0v) is 21.8. The van der Waals surface area contributed by atoms with Gasteiger partial charge in [0.25, 0.3) is 5.78 Å². The summed E-state index contributed by atoms with van der Waals surface area (Å²) in [5.74, 6) is -1.66. The van der Waals surface area contributed by atoms with Crippen LogP contribution in [0.5, 0.6) is 11.5 Å². The van der Waals surface area contributed by atoms with Gasteiger partial charge in [0.05, 0.1) is 32.1 Å². The van der Waals surface area contributed by atoms with Crippen LogP contribution in [0, 0.1) is 13.8 Å². The van der Waals surface area contributed by atoms with Gasteiger partial charge in [-0.1, -0.05) is 29.5 Å². The van der Waals surface area contributed by atoms with Crippen LogP contribution in [0.15, 0.2) is 48.0 Å². The van der Waals surface area contributed by atoms with Crippen LogP contribution in [0.3, 0.4) is 0 Å². The Morgan fingerprint density at radius 3 is 2.51 bits per heavy atom. The van der Waals surface area contributed by atoms with E-state index < -0.39 is 23.7 Å². The summed E-state index contributed by atoms with van der Waals surface area (Å²) in [7, 11) is 2.78. The maximum atomic E-state index is 13.5. The number of ether oxygens (including phenoxy) is 3. The molecule has 3 aromatic rings. The van der Waals surface area contributed by atoms with E-state index >= 15 is 0 Å². The molecule has 1 unspecified atom stereocenters. The summed E-state index contributed by atoms with van der Waals surface area (Å²) in [6.07, 6.45) is 0. The fraction of sp³-hybridized carbons (Fsp3) is 0.259. The van der Waals surface area contributed by atoms with E-state index in [1.807, 2.05) is 6.92 Å². The van der Waals surface area contributed by atoms with Gasteiger partial charge < -0.3 is 19.3 Å². The summed E-state index contributed by atoms with van der Waals surface area (Å²) >= 11 is 0.936. The van der Waals surface area contributed by atoms with Crippen LogP contribution in [-0.4, -0.2) is 48.6 Å². The number of aliphatic hydroxyl groups is 1. The highest BCUT2D eigenvalue weighted by Gasteiger charge is 2.49. The average Bonchev–Trinajstić information content (AvgIpc) is 3.40. The number of hydrogen-bond donors (Lipinski definition) is 1. The Morgan fingerprint density at radius 1 is 1.14 bits per heavy atom. The molecular formula is C27H26N2O7S. The van der Waals surface area contributed by atoms with Gasteiger partial charge >= 0.3 is 11.9 Å². The minimum atomic E-state index is -1.06. The smallest absolute Gasteiger partial charge is 0.350 e. The second kappa shape index (κ2) is 10.4. The van der Waals surface area contributed by atoms with Crippen LogP contribution in [0.4, 0.5) is 5.13 Å². The number of carbonyl (C=O) groups is 3. The number of benzene rings is 2. The van der Waals surface area contributed by atoms with Crippen LogP contribution in [-0.2, 0) is 14.3 Å². The summed E-state index contributed by atoms with van der Waals surface area (Å²) in [5, 5.41) is 11.6. The summed E-state index contributed by atoms with van der Waals surface area (Å²) < 4.78 is 15.9. The van der Waals surface area contributed by atoms with Crippen molar-refractivity contribution in [3.63, 3.8) is 0 Å². The van der Waals surface area contributed by atoms with E-state index in [4.69, 9.17) is 14.2 Å². The van der Waals surface area contributed by atoms with Crippen LogP contribution in [0.2, 0.25) is 0 Å². The predicted octanol–water partition coefficient (Wildman–Crippen LogP) is 4.58. The van der Waals surface area contributed by atoms with Gasteiger partial charge in [0.1, 0.15) is 28.2 Å². The SMILES string of the molecule is CCOc1ccccc1C1C(=C(O)c2ccc(OC)cc2C)C(=O)C(=O)N1c1nc(C)c(C(=O)OC)s1. The normalized spacial score (nSPS) is 16.7. The minimum absolute atomic E-state index is 0.113. The number of rotatable bonds is 7. The number of aryl methyl sites for hydroxylation is 2. The van der Waals surface area contributed by atoms with Crippen molar-refractivity contribution in [2.45, 2.75) is 26.8 Å². The van der Waals surface area contributed by atoms with Gasteiger partial charge in [0.15, 0.2) is 5.13 Å². The van der Waals surface area contributed by atoms with Gasteiger partial charge in [-0.3, -0.25) is 14.5 Å². The van der Waals surface area contributed by atoms with E-state index in [1.165, 1.54) is 19.1 Å². The number of thiazole rings is 1. The molecule has 4 rings (SSSR count). The lowest BCUT2D eigenvalue weighted by Gasteiger charge is -2.25. The summed E-state index contributed by atoms with van der Waals surface area (Å²) in [5.41, 5.74) is 1.76. The Hall–Kier alpha value is -4.18. The highest BCUT2D eigenvalue weighted by Crippen LogP contribution is 2.46. The van der Waals surface area contributed by atoms with E-state index in [1.54, 1.807) is 56.3 Å². The second-order valence-corrected chi connectivity index (χ2v) is 9.20. The maximum absolute atomic E-state index is 13.5. The van der Waals surface area contributed by atoms with Gasteiger partial charge in [0.2, 0.25) is 0 Å². The van der Waals surface area contributed by atoms with Crippen molar-refractivity contribution in [2.75, 3.05) is 25.7 Å². The fourth-order valence-electron chi connectivity index (χ4n) is 4.26. The number of esters is 1. The topological polar surface area (TPSA) is 115 Å². The first-order chi connectivity index (χ1) is 17.7. The Bertz CT molecular complexity index is 1430. The molecule has 1 aliphatic rings. The Morgan fingerprint density at radius 2 is 1.86 bits per heavy atom. The zero-order valence-electron chi connectivity index (χ0n) is 21.0. The third-order valence-corrected chi connectivity index (χ3v) is 7.15. The van der Waals surface area contributed by atoms with Crippen molar-refractivity contribution >= 4 is 39.9 Å². The lowest BCUT2D eigenvalue weighted by Crippen LogP contribution is -2.29. The quantitative estimate of drug-likeness (QED) is 0.208. The molecule has 0 spiro atoms. The number of aromatic nitrogens is 1. The highest BCUT2D eigenvalue weighted by molar-refractivity contribution is 7.17. The fourth-order valence-corrected chi connectivity index (χ4v) is 5.27. The number of carbonyl (C=O) groups excluding carboxylic acids is 3. The molecule has 1 aliphatic heterocycles. The van der Waals surface area contributed by atoms with Gasteiger partial charge in [-0.2, -0.15) is 0 Å². The molecule has 37 heavy (non-hydrogen) atoms. The van der Waals surface area contributed by atoms with Crippen molar-refractivity contribution in [1.82, 2.24) is 4.98 Å². The number of amides is 1. The number of ketones is 1. The molecule has 1 saturated heterocycles. The van der Waals surface area contributed by atoms with Crippen molar-refractivity contribution in [1.29, 1.82) is 0 Å². The number of nitrogens with zero attached hydrogens (tertiary/aromatic N) is 2. The largest absolute Gasteiger partial charge is 0.507 e. The molecule has 1 N–H and O–H groups in total. The molecule has 192 valence electrons. The number of methoxy groups -OCH3 is 2. The third-order valence-electron chi connectivity index (χ3n) is 6.01. The molecule has 0 bridgehead atoms. The van der Waals surface area contributed by atoms with E-state index in [2.05, 4.69) is 4.98 Å². The Labute approximate surface area is 217 Å².